The van der Waals surface area contributed by atoms with Gasteiger partial charge in [0.05, 0.1) is 28.4 Å². The molecule has 0 saturated carbocycles. The lowest BCUT2D eigenvalue weighted by Crippen LogP contribution is -2.14. The van der Waals surface area contributed by atoms with Crippen molar-refractivity contribution in [3.63, 3.8) is 0 Å². The number of ether oxygens (including phenoxy) is 4. The van der Waals surface area contributed by atoms with Crippen LogP contribution in [-0.4, -0.2) is 40.3 Å². The van der Waals surface area contributed by atoms with Crippen molar-refractivity contribution in [2.24, 2.45) is 0 Å². The summed E-state index contributed by atoms with van der Waals surface area (Å²) in [7, 11) is 6.18. The van der Waals surface area contributed by atoms with Gasteiger partial charge in [0.2, 0.25) is 0 Å². The van der Waals surface area contributed by atoms with Gasteiger partial charge in [0.15, 0.2) is 23.0 Å². The third-order valence-corrected chi connectivity index (χ3v) is 7.17. The molecule has 0 aliphatic carbocycles. The fraction of sp³-hybridized carbons (Fsp3) is 0.235. The average molecular weight is 569 g/mol. The zero-order valence-electron chi connectivity index (χ0n) is 25.2. The first-order valence-corrected chi connectivity index (χ1v) is 13.4. The minimum absolute atomic E-state index is 0.240. The summed E-state index contributed by atoms with van der Waals surface area (Å²) in [5, 5.41) is 6.09. The normalized spacial score (nSPS) is 10.6. The molecule has 2 amide bonds. The highest BCUT2D eigenvalue weighted by atomic mass is 16.5. The highest BCUT2D eigenvalue weighted by Crippen LogP contribution is 2.34. The number of aryl methyl sites for hydroxylation is 4. The minimum Gasteiger partial charge on any atom is -0.493 e. The van der Waals surface area contributed by atoms with Crippen molar-refractivity contribution in [1.82, 2.24) is 0 Å². The number of carbonyl (C=O) groups is 2. The molecule has 0 spiro atoms. The summed E-state index contributed by atoms with van der Waals surface area (Å²) < 4.78 is 21.2. The Morgan fingerprint density at radius 3 is 1.07 bits per heavy atom. The fourth-order valence-corrected chi connectivity index (χ4v) is 4.98. The van der Waals surface area contributed by atoms with Crippen LogP contribution in [0.3, 0.4) is 0 Å². The van der Waals surface area contributed by atoms with Crippen LogP contribution in [0.5, 0.6) is 23.0 Å². The van der Waals surface area contributed by atoms with Crippen molar-refractivity contribution in [3.05, 3.63) is 94.0 Å². The molecule has 218 valence electrons. The monoisotopic (exact) mass is 568 g/mol. The van der Waals surface area contributed by atoms with Crippen LogP contribution in [-0.2, 0) is 0 Å². The third-order valence-electron chi connectivity index (χ3n) is 7.17. The number of amides is 2. The Kier molecular flexibility index (Phi) is 9.06. The van der Waals surface area contributed by atoms with Crippen LogP contribution in [0.1, 0.15) is 43.0 Å². The van der Waals surface area contributed by atoms with Gasteiger partial charge in [0.25, 0.3) is 11.8 Å². The minimum atomic E-state index is -0.240. The molecular formula is C34H36N2O6. The Bertz CT molecular complexity index is 1490. The maximum absolute atomic E-state index is 13.1. The largest absolute Gasteiger partial charge is 0.493 e. The van der Waals surface area contributed by atoms with Crippen LogP contribution in [0.15, 0.2) is 60.7 Å². The van der Waals surface area contributed by atoms with E-state index in [9.17, 15) is 9.59 Å². The molecule has 4 aromatic carbocycles. The predicted octanol–water partition coefficient (Wildman–Crippen LogP) is 7.13. The van der Waals surface area contributed by atoms with Gasteiger partial charge in [-0.3, -0.25) is 9.59 Å². The topological polar surface area (TPSA) is 95.1 Å². The smallest absolute Gasteiger partial charge is 0.255 e. The highest BCUT2D eigenvalue weighted by molar-refractivity contribution is 6.06. The molecule has 4 aromatic rings. The van der Waals surface area contributed by atoms with Gasteiger partial charge in [-0.15, -0.1) is 0 Å². The Hall–Kier alpha value is -4.98. The first kappa shape index (κ1) is 30.0. The van der Waals surface area contributed by atoms with Crippen molar-refractivity contribution in [3.8, 4) is 34.1 Å². The Labute approximate surface area is 246 Å². The van der Waals surface area contributed by atoms with Crippen LogP contribution in [0.4, 0.5) is 11.4 Å². The summed E-state index contributed by atoms with van der Waals surface area (Å²) in [6.07, 6.45) is 0. The number of carbonyl (C=O) groups excluding carboxylic acids is 2. The summed E-state index contributed by atoms with van der Waals surface area (Å²) in [5.41, 5.74) is 8.19. The van der Waals surface area contributed by atoms with E-state index in [1.807, 2.05) is 52.0 Å². The van der Waals surface area contributed by atoms with Crippen LogP contribution in [0.25, 0.3) is 11.1 Å². The van der Waals surface area contributed by atoms with Gasteiger partial charge in [-0.2, -0.15) is 0 Å². The third kappa shape index (κ3) is 6.17. The van der Waals surface area contributed by atoms with Crippen LogP contribution < -0.4 is 29.6 Å². The molecule has 0 aliphatic rings. The lowest BCUT2D eigenvalue weighted by molar-refractivity contribution is 0.101. The molecule has 0 heterocycles. The predicted molar refractivity (Wildman–Crippen MR) is 166 cm³/mol. The summed E-state index contributed by atoms with van der Waals surface area (Å²) in [6.45, 7) is 7.88. The van der Waals surface area contributed by atoms with Crippen LogP contribution >= 0.6 is 0 Å². The standard InChI is InChI=1S/C34H36N2O6/c1-19-13-25(14-20(2)31(19)35-33(37)23-9-11-27(39-5)29(17-23)41-7)26-15-21(3)32(22(4)16-26)36-34(38)24-10-12-28(40-6)30(18-24)42-8/h9-18H,1-8H3,(H,35,37)(H,36,38). The van der Waals surface area contributed by atoms with Gasteiger partial charge < -0.3 is 29.6 Å². The summed E-state index contributed by atoms with van der Waals surface area (Å²) in [5.74, 6) is 1.62. The Balaban J connectivity index is 1.57. The lowest BCUT2D eigenvalue weighted by atomic mass is 9.95. The summed E-state index contributed by atoms with van der Waals surface area (Å²) in [6, 6.07) is 18.3. The van der Waals surface area contributed by atoms with Crippen molar-refractivity contribution in [2.45, 2.75) is 27.7 Å². The second kappa shape index (κ2) is 12.7. The molecule has 4 rings (SSSR count). The molecule has 0 atom stereocenters. The van der Waals surface area contributed by atoms with Gasteiger partial charge >= 0.3 is 0 Å². The molecule has 0 unspecified atom stereocenters. The number of hydrogen-bond acceptors (Lipinski definition) is 6. The maximum Gasteiger partial charge on any atom is 0.255 e. The first-order chi connectivity index (χ1) is 20.1. The Morgan fingerprint density at radius 1 is 0.476 bits per heavy atom. The van der Waals surface area contributed by atoms with Crippen LogP contribution in [0.2, 0.25) is 0 Å². The SMILES string of the molecule is COc1ccc(C(=O)Nc2c(C)cc(-c3cc(C)c(NC(=O)c4ccc(OC)c(OC)c4)c(C)c3)cc2C)cc1OC. The second-order valence-electron chi connectivity index (χ2n) is 10.0. The maximum atomic E-state index is 13.1. The number of benzene rings is 4. The van der Waals surface area contributed by atoms with E-state index in [0.717, 1.165) is 44.8 Å². The number of nitrogens with one attached hydrogen (secondary N) is 2. The highest BCUT2D eigenvalue weighted by Gasteiger charge is 2.17. The molecule has 0 aliphatic heterocycles. The van der Waals surface area contributed by atoms with Gasteiger partial charge in [-0.25, -0.2) is 0 Å². The van der Waals surface area contributed by atoms with Gasteiger partial charge in [0, 0.05) is 22.5 Å². The van der Waals surface area contributed by atoms with E-state index in [0.29, 0.717) is 34.1 Å². The molecule has 2 N–H and O–H groups in total. The second-order valence-corrected chi connectivity index (χ2v) is 10.0. The van der Waals surface area contributed by atoms with Crippen LogP contribution in [0, 0.1) is 27.7 Å². The molecule has 0 fully saturated rings. The van der Waals surface area contributed by atoms with Crippen molar-refractivity contribution in [2.75, 3.05) is 39.1 Å². The zero-order chi connectivity index (χ0) is 30.6. The molecule has 8 heteroatoms. The molecule has 0 radical (unpaired) electrons. The van der Waals surface area contributed by atoms with E-state index in [-0.39, 0.29) is 11.8 Å². The van der Waals surface area contributed by atoms with E-state index < -0.39 is 0 Å². The molecule has 0 saturated heterocycles. The quantitative estimate of drug-likeness (QED) is 0.223. The number of hydrogen-bond donors (Lipinski definition) is 2. The number of rotatable bonds is 9. The Morgan fingerprint density at radius 2 is 0.786 bits per heavy atom. The van der Waals surface area contributed by atoms with E-state index >= 15 is 0 Å². The van der Waals surface area contributed by atoms with E-state index in [2.05, 4.69) is 10.6 Å². The molecular weight excluding hydrogens is 532 g/mol. The molecule has 0 aromatic heterocycles. The van der Waals surface area contributed by atoms with Gasteiger partial charge in [0.1, 0.15) is 0 Å². The number of anilines is 2. The first-order valence-electron chi connectivity index (χ1n) is 13.4. The van der Waals surface area contributed by atoms with Crippen molar-refractivity contribution < 1.29 is 28.5 Å². The van der Waals surface area contributed by atoms with E-state index in [4.69, 9.17) is 18.9 Å². The van der Waals surface area contributed by atoms with E-state index in [1.165, 1.54) is 14.2 Å². The van der Waals surface area contributed by atoms with Gasteiger partial charge in [-0.1, -0.05) is 0 Å². The van der Waals surface area contributed by atoms with Crippen molar-refractivity contribution in [1.29, 1.82) is 0 Å². The van der Waals surface area contributed by atoms with Crippen molar-refractivity contribution >= 4 is 23.2 Å². The average Bonchev–Trinajstić information content (AvgIpc) is 2.99. The summed E-state index contributed by atoms with van der Waals surface area (Å²) in [4.78, 5) is 26.1. The summed E-state index contributed by atoms with van der Waals surface area (Å²) >= 11 is 0. The fourth-order valence-electron chi connectivity index (χ4n) is 4.98. The molecule has 0 bridgehead atoms. The lowest BCUT2D eigenvalue weighted by Gasteiger charge is -2.17. The van der Waals surface area contributed by atoms with Gasteiger partial charge in [-0.05, 0) is 122 Å². The molecule has 8 nitrogen and oxygen atoms in total. The molecule has 42 heavy (non-hydrogen) atoms. The zero-order valence-corrected chi connectivity index (χ0v) is 25.2. The number of methoxy groups -OCH3 is 4. The van der Waals surface area contributed by atoms with E-state index in [1.54, 1.807) is 50.6 Å².